The van der Waals surface area contributed by atoms with Gasteiger partial charge in [0.2, 0.25) is 0 Å². The van der Waals surface area contributed by atoms with Crippen LogP contribution in [0.2, 0.25) is 0 Å². The monoisotopic (exact) mass is 551 g/mol. The number of benzene rings is 2. The van der Waals surface area contributed by atoms with Crippen molar-refractivity contribution in [3.05, 3.63) is 58.7 Å². The molecule has 6 nitrogen and oxygen atoms in total. The highest BCUT2D eigenvalue weighted by Gasteiger charge is 2.17. The molecule has 2 aliphatic heterocycles. The molecule has 1 fully saturated rings. The third kappa shape index (κ3) is 6.75. The standard InChI is InChI=1S/C25H33N3O3.HI/c1-18-5-7-21(24(14-18)31-17-22-4-3-12-29-22)16-28-25(26-2)27-11-9-19-6-8-23-20(15-19)10-13-30-23;/h5-8,14-15,22H,3-4,9-13,16-17H2,1-2H3,(H2,26,27,28);1H. The first-order chi connectivity index (χ1) is 15.2. The Morgan fingerprint density at radius 3 is 2.88 bits per heavy atom. The van der Waals surface area contributed by atoms with E-state index in [0.29, 0.717) is 13.2 Å². The van der Waals surface area contributed by atoms with Gasteiger partial charge in [0.15, 0.2) is 5.96 Å². The quantitative estimate of drug-likeness (QED) is 0.295. The van der Waals surface area contributed by atoms with Gasteiger partial charge in [-0.15, -0.1) is 24.0 Å². The summed E-state index contributed by atoms with van der Waals surface area (Å²) < 4.78 is 17.4. The molecule has 1 saturated heterocycles. The number of hydrogen-bond donors (Lipinski definition) is 2. The van der Waals surface area contributed by atoms with Crippen molar-refractivity contribution in [2.24, 2.45) is 4.99 Å². The number of nitrogens with one attached hydrogen (secondary N) is 2. The van der Waals surface area contributed by atoms with Crippen LogP contribution in [0.25, 0.3) is 0 Å². The number of rotatable bonds is 8. The van der Waals surface area contributed by atoms with Crippen molar-refractivity contribution in [1.82, 2.24) is 10.6 Å². The molecule has 32 heavy (non-hydrogen) atoms. The van der Waals surface area contributed by atoms with E-state index in [1.807, 2.05) is 0 Å². The van der Waals surface area contributed by atoms with E-state index in [-0.39, 0.29) is 30.1 Å². The minimum absolute atomic E-state index is 0. The minimum Gasteiger partial charge on any atom is -0.493 e. The van der Waals surface area contributed by atoms with E-state index in [1.165, 1.54) is 16.7 Å². The molecule has 2 N–H and O–H groups in total. The molecule has 2 heterocycles. The van der Waals surface area contributed by atoms with Crippen LogP contribution in [0.15, 0.2) is 41.4 Å². The fraction of sp³-hybridized carbons (Fsp3) is 0.480. The highest BCUT2D eigenvalue weighted by molar-refractivity contribution is 14.0. The van der Waals surface area contributed by atoms with Gasteiger partial charge >= 0.3 is 0 Å². The van der Waals surface area contributed by atoms with Crippen LogP contribution in [-0.2, 0) is 24.1 Å². The van der Waals surface area contributed by atoms with Crippen LogP contribution < -0.4 is 20.1 Å². The lowest BCUT2D eigenvalue weighted by atomic mass is 10.1. The number of aryl methyl sites for hydroxylation is 1. The Bertz CT molecular complexity index is 913. The maximum absolute atomic E-state index is 6.11. The van der Waals surface area contributed by atoms with E-state index in [9.17, 15) is 0 Å². The molecule has 174 valence electrons. The molecule has 0 aliphatic carbocycles. The van der Waals surface area contributed by atoms with Crippen molar-refractivity contribution < 1.29 is 14.2 Å². The summed E-state index contributed by atoms with van der Waals surface area (Å²) >= 11 is 0. The van der Waals surface area contributed by atoms with Gasteiger partial charge in [0.1, 0.15) is 18.1 Å². The number of aliphatic imine (C=N–C) groups is 1. The van der Waals surface area contributed by atoms with Gasteiger partial charge in [0.05, 0.1) is 12.7 Å². The smallest absolute Gasteiger partial charge is 0.191 e. The first-order valence-electron chi connectivity index (χ1n) is 11.2. The van der Waals surface area contributed by atoms with E-state index in [0.717, 1.165) is 68.5 Å². The number of ether oxygens (including phenoxy) is 3. The summed E-state index contributed by atoms with van der Waals surface area (Å²) in [5.41, 5.74) is 4.93. The summed E-state index contributed by atoms with van der Waals surface area (Å²) in [6, 6.07) is 12.8. The fourth-order valence-corrected chi connectivity index (χ4v) is 4.02. The van der Waals surface area contributed by atoms with Gasteiger partial charge in [-0.3, -0.25) is 4.99 Å². The Hall–Kier alpha value is -2.00. The molecule has 4 rings (SSSR count). The number of nitrogens with zero attached hydrogens (tertiary/aromatic N) is 1. The lowest BCUT2D eigenvalue weighted by Gasteiger charge is -2.17. The van der Waals surface area contributed by atoms with Crippen LogP contribution >= 0.6 is 24.0 Å². The molecular weight excluding hydrogens is 517 g/mol. The third-order valence-corrected chi connectivity index (χ3v) is 5.80. The topological polar surface area (TPSA) is 64.1 Å². The number of fused-ring (bicyclic) bond motifs is 1. The Kier molecular flexibility index (Phi) is 9.47. The average molecular weight is 551 g/mol. The minimum atomic E-state index is 0. The van der Waals surface area contributed by atoms with Crippen LogP contribution in [0.4, 0.5) is 0 Å². The number of guanidine groups is 1. The molecule has 2 aromatic carbocycles. The molecule has 0 bridgehead atoms. The van der Waals surface area contributed by atoms with Gasteiger partial charge in [0, 0.05) is 38.7 Å². The van der Waals surface area contributed by atoms with Crippen LogP contribution in [0.3, 0.4) is 0 Å². The summed E-state index contributed by atoms with van der Waals surface area (Å²) in [4.78, 5) is 4.36. The Labute approximate surface area is 208 Å². The van der Waals surface area contributed by atoms with Crippen molar-refractivity contribution in [1.29, 1.82) is 0 Å². The number of halogens is 1. The first-order valence-corrected chi connectivity index (χ1v) is 11.2. The summed E-state index contributed by atoms with van der Waals surface area (Å²) in [7, 11) is 1.80. The largest absolute Gasteiger partial charge is 0.493 e. The second-order valence-corrected chi connectivity index (χ2v) is 8.20. The van der Waals surface area contributed by atoms with Crippen LogP contribution in [0.5, 0.6) is 11.5 Å². The zero-order chi connectivity index (χ0) is 21.5. The zero-order valence-corrected chi connectivity index (χ0v) is 21.3. The van der Waals surface area contributed by atoms with E-state index in [4.69, 9.17) is 14.2 Å². The average Bonchev–Trinajstić information content (AvgIpc) is 3.47. The van der Waals surface area contributed by atoms with Crippen molar-refractivity contribution in [2.45, 2.75) is 45.3 Å². The Morgan fingerprint density at radius 2 is 2.06 bits per heavy atom. The van der Waals surface area contributed by atoms with Crippen molar-refractivity contribution in [3.8, 4) is 11.5 Å². The van der Waals surface area contributed by atoms with Gasteiger partial charge in [-0.2, -0.15) is 0 Å². The van der Waals surface area contributed by atoms with Crippen molar-refractivity contribution in [3.63, 3.8) is 0 Å². The molecule has 0 saturated carbocycles. The molecule has 0 amide bonds. The maximum atomic E-state index is 6.11. The highest BCUT2D eigenvalue weighted by Crippen LogP contribution is 2.26. The van der Waals surface area contributed by atoms with Crippen molar-refractivity contribution in [2.75, 3.05) is 33.4 Å². The molecule has 7 heteroatoms. The highest BCUT2D eigenvalue weighted by atomic mass is 127. The summed E-state index contributed by atoms with van der Waals surface area (Å²) in [6.45, 7) is 5.80. The molecule has 0 aromatic heterocycles. The predicted octanol–water partition coefficient (Wildman–Crippen LogP) is 4.01. The van der Waals surface area contributed by atoms with E-state index < -0.39 is 0 Å². The Balaban J connectivity index is 0.00000289. The van der Waals surface area contributed by atoms with Crippen LogP contribution in [0, 0.1) is 6.92 Å². The lowest BCUT2D eigenvalue weighted by molar-refractivity contribution is 0.0676. The summed E-state index contributed by atoms with van der Waals surface area (Å²) in [5, 5.41) is 6.82. The second-order valence-electron chi connectivity index (χ2n) is 8.20. The lowest BCUT2D eigenvalue weighted by Crippen LogP contribution is -2.38. The second kappa shape index (κ2) is 12.3. The molecule has 2 aromatic rings. The van der Waals surface area contributed by atoms with Gasteiger partial charge < -0.3 is 24.8 Å². The van der Waals surface area contributed by atoms with Crippen LogP contribution in [-0.4, -0.2) is 45.5 Å². The van der Waals surface area contributed by atoms with Crippen molar-refractivity contribution >= 4 is 29.9 Å². The van der Waals surface area contributed by atoms with E-state index >= 15 is 0 Å². The molecule has 2 aliphatic rings. The fourth-order valence-electron chi connectivity index (χ4n) is 4.02. The molecule has 1 atom stereocenters. The predicted molar refractivity (Wildman–Crippen MR) is 139 cm³/mol. The molecule has 1 unspecified atom stereocenters. The maximum Gasteiger partial charge on any atom is 0.191 e. The van der Waals surface area contributed by atoms with Gasteiger partial charge in [-0.05, 0) is 55.0 Å². The number of hydrogen-bond acceptors (Lipinski definition) is 4. The molecule has 0 radical (unpaired) electrons. The normalized spacial score (nSPS) is 17.3. The van der Waals surface area contributed by atoms with Crippen LogP contribution in [0.1, 0.15) is 35.1 Å². The van der Waals surface area contributed by atoms with Gasteiger partial charge in [-0.25, -0.2) is 0 Å². The van der Waals surface area contributed by atoms with E-state index in [1.54, 1.807) is 7.05 Å². The van der Waals surface area contributed by atoms with Gasteiger partial charge in [-0.1, -0.05) is 24.3 Å². The Morgan fingerprint density at radius 1 is 1.16 bits per heavy atom. The first kappa shape index (κ1) is 24.6. The SMILES string of the molecule is CN=C(NCCc1ccc2c(c1)CCO2)NCc1ccc(C)cc1OCC1CCCO1.I. The van der Waals surface area contributed by atoms with Gasteiger partial charge in [0.25, 0.3) is 0 Å². The molecular formula is C25H34IN3O3. The third-order valence-electron chi connectivity index (χ3n) is 5.80. The van der Waals surface area contributed by atoms with E-state index in [2.05, 4.69) is 58.9 Å². The summed E-state index contributed by atoms with van der Waals surface area (Å²) in [6.07, 6.45) is 4.36. The zero-order valence-electron chi connectivity index (χ0n) is 19.0. The summed E-state index contributed by atoms with van der Waals surface area (Å²) in [5.74, 6) is 2.73. The molecule has 0 spiro atoms.